The molecule has 5 aliphatic rings. The van der Waals surface area contributed by atoms with Gasteiger partial charge in [-0.3, -0.25) is 9.18 Å². The number of nitrogens with one attached hydrogen (secondary N) is 2. The molecule has 4 aliphatic carbocycles. The summed E-state index contributed by atoms with van der Waals surface area (Å²) in [6, 6.07) is 9.18. The molecule has 6 rings (SSSR count). The van der Waals surface area contributed by atoms with Crippen LogP contribution in [0.1, 0.15) is 56.9 Å². The smallest absolute Gasteiger partial charge is 0.280 e. The van der Waals surface area contributed by atoms with Crippen molar-refractivity contribution in [3.63, 3.8) is 0 Å². The third-order valence-corrected chi connectivity index (χ3v) is 8.46. The number of hydrogen-bond acceptors (Lipinski definition) is 2. The van der Waals surface area contributed by atoms with E-state index in [1.165, 1.54) is 5.56 Å². The standard InChI is InChI=1S/C24H31F3N2O/c25-8-7-21-10-17-11-22(13-21,18-4-2-1-3-5-18)15-23(12-17,14-21)20(30)29-19-6-9-28-16-24(19,26)27/h1-5,17,19,28H,6-16H2,(H,29,30)/t17?,19?,21-,22-,23?/m1/s1. The lowest BCUT2D eigenvalue weighted by atomic mass is 9.38. The van der Waals surface area contributed by atoms with Crippen molar-refractivity contribution < 1.29 is 18.0 Å². The van der Waals surface area contributed by atoms with E-state index < -0.39 is 23.9 Å². The molecule has 1 aromatic rings. The highest BCUT2D eigenvalue weighted by molar-refractivity contribution is 5.84. The number of alkyl halides is 3. The molecule has 30 heavy (non-hydrogen) atoms. The van der Waals surface area contributed by atoms with Gasteiger partial charge in [-0.05, 0) is 80.2 Å². The highest BCUT2D eigenvalue weighted by Gasteiger charge is 2.66. The molecular formula is C24H31F3N2O. The van der Waals surface area contributed by atoms with Crippen LogP contribution in [0, 0.1) is 16.7 Å². The van der Waals surface area contributed by atoms with Gasteiger partial charge in [0, 0.05) is 0 Å². The monoisotopic (exact) mass is 420 g/mol. The minimum absolute atomic E-state index is 0.149. The minimum atomic E-state index is -2.94. The molecule has 1 heterocycles. The number of carbonyl (C=O) groups is 1. The first-order valence-corrected chi connectivity index (χ1v) is 11.3. The summed E-state index contributed by atoms with van der Waals surface area (Å²) in [4.78, 5) is 13.6. The second kappa shape index (κ2) is 6.98. The summed E-state index contributed by atoms with van der Waals surface area (Å²) in [5.41, 5.74) is 0.217. The summed E-state index contributed by atoms with van der Waals surface area (Å²) < 4.78 is 42.4. The largest absolute Gasteiger partial charge is 0.347 e. The van der Waals surface area contributed by atoms with Crippen molar-refractivity contribution in [2.45, 2.75) is 68.7 Å². The van der Waals surface area contributed by atoms with Gasteiger partial charge in [0.25, 0.3) is 5.92 Å². The predicted molar refractivity (Wildman–Crippen MR) is 109 cm³/mol. The molecule has 0 radical (unpaired) electrons. The van der Waals surface area contributed by atoms with Crippen LogP contribution in [0.2, 0.25) is 0 Å². The third-order valence-electron chi connectivity index (χ3n) is 8.46. The van der Waals surface area contributed by atoms with E-state index in [0.717, 1.165) is 25.7 Å². The van der Waals surface area contributed by atoms with Crippen LogP contribution >= 0.6 is 0 Å². The van der Waals surface area contributed by atoms with Gasteiger partial charge in [0.05, 0.1) is 24.7 Å². The van der Waals surface area contributed by atoms with Crippen LogP contribution in [-0.4, -0.2) is 37.6 Å². The minimum Gasteiger partial charge on any atom is -0.347 e. The summed E-state index contributed by atoms with van der Waals surface area (Å²) in [6.07, 6.45) is 5.66. The molecule has 2 N–H and O–H groups in total. The molecule has 0 aromatic heterocycles. The molecule has 5 atom stereocenters. The molecule has 5 fully saturated rings. The second-order valence-corrected chi connectivity index (χ2v) is 10.6. The molecule has 1 saturated heterocycles. The van der Waals surface area contributed by atoms with Gasteiger partial charge < -0.3 is 10.6 Å². The van der Waals surface area contributed by atoms with E-state index in [0.29, 0.717) is 31.7 Å². The van der Waals surface area contributed by atoms with Crippen LogP contribution in [0.5, 0.6) is 0 Å². The van der Waals surface area contributed by atoms with Crippen molar-refractivity contribution in [1.82, 2.24) is 10.6 Å². The summed E-state index contributed by atoms with van der Waals surface area (Å²) in [7, 11) is 0. The Morgan fingerprint density at radius 3 is 2.63 bits per heavy atom. The van der Waals surface area contributed by atoms with E-state index >= 15 is 0 Å². The van der Waals surface area contributed by atoms with Crippen LogP contribution in [-0.2, 0) is 10.2 Å². The maximum Gasteiger partial charge on any atom is 0.280 e. The molecule has 0 spiro atoms. The van der Waals surface area contributed by atoms with Crippen molar-refractivity contribution >= 4 is 5.91 Å². The van der Waals surface area contributed by atoms with E-state index in [1.54, 1.807) is 0 Å². The average Bonchev–Trinajstić information content (AvgIpc) is 2.69. The van der Waals surface area contributed by atoms with Crippen molar-refractivity contribution in [3.05, 3.63) is 35.9 Å². The van der Waals surface area contributed by atoms with Gasteiger partial charge in [-0.25, -0.2) is 8.78 Å². The summed E-state index contributed by atoms with van der Waals surface area (Å²) in [5, 5.41) is 5.49. The van der Waals surface area contributed by atoms with E-state index in [4.69, 9.17) is 0 Å². The maximum atomic E-state index is 14.4. The van der Waals surface area contributed by atoms with E-state index in [-0.39, 0.29) is 29.8 Å². The highest BCUT2D eigenvalue weighted by Crippen LogP contribution is 2.71. The Hall–Kier alpha value is -1.56. The average molecular weight is 421 g/mol. The number of benzene rings is 1. The fourth-order valence-corrected chi connectivity index (χ4v) is 7.81. The zero-order chi connectivity index (χ0) is 21.0. The first kappa shape index (κ1) is 20.3. The topological polar surface area (TPSA) is 41.1 Å². The van der Waals surface area contributed by atoms with Crippen LogP contribution in [0.25, 0.3) is 0 Å². The third kappa shape index (κ3) is 3.17. The fraction of sp³-hybridized carbons (Fsp3) is 0.708. The number of piperidine rings is 1. The number of amides is 1. The Morgan fingerprint density at radius 1 is 1.10 bits per heavy atom. The van der Waals surface area contributed by atoms with Gasteiger partial charge in [0.1, 0.15) is 0 Å². The summed E-state index contributed by atoms with van der Waals surface area (Å²) in [5.74, 6) is -2.81. The van der Waals surface area contributed by atoms with Crippen molar-refractivity contribution in [2.24, 2.45) is 16.7 Å². The molecule has 4 saturated carbocycles. The van der Waals surface area contributed by atoms with Gasteiger partial charge in [-0.1, -0.05) is 30.3 Å². The number of carbonyl (C=O) groups excluding carboxylic acids is 1. The fourth-order valence-electron chi connectivity index (χ4n) is 7.81. The zero-order valence-electron chi connectivity index (χ0n) is 17.4. The lowest BCUT2D eigenvalue weighted by Crippen LogP contribution is -2.65. The Morgan fingerprint density at radius 2 is 1.90 bits per heavy atom. The maximum absolute atomic E-state index is 14.4. The van der Waals surface area contributed by atoms with Crippen LogP contribution < -0.4 is 10.6 Å². The lowest BCUT2D eigenvalue weighted by molar-refractivity contribution is -0.168. The molecule has 1 aliphatic heterocycles. The molecule has 3 unspecified atom stereocenters. The number of halogens is 3. The van der Waals surface area contributed by atoms with Crippen LogP contribution in [0.4, 0.5) is 13.2 Å². The quantitative estimate of drug-likeness (QED) is 0.743. The Labute approximate surface area is 176 Å². The lowest BCUT2D eigenvalue weighted by Gasteiger charge is -2.66. The Balaban J connectivity index is 1.49. The molecule has 1 amide bonds. The Bertz CT molecular complexity index is 818. The molecular weight excluding hydrogens is 389 g/mol. The molecule has 3 nitrogen and oxygen atoms in total. The first-order chi connectivity index (χ1) is 14.3. The van der Waals surface area contributed by atoms with Gasteiger partial charge in [-0.15, -0.1) is 0 Å². The van der Waals surface area contributed by atoms with Gasteiger partial charge in [0.15, 0.2) is 0 Å². The van der Waals surface area contributed by atoms with Gasteiger partial charge in [-0.2, -0.15) is 0 Å². The molecule has 1 aromatic carbocycles. The first-order valence-electron chi connectivity index (χ1n) is 11.3. The predicted octanol–water partition coefficient (Wildman–Crippen LogP) is 4.37. The van der Waals surface area contributed by atoms with Crippen LogP contribution in [0.3, 0.4) is 0 Å². The van der Waals surface area contributed by atoms with Crippen molar-refractivity contribution in [2.75, 3.05) is 19.8 Å². The van der Waals surface area contributed by atoms with Crippen LogP contribution in [0.15, 0.2) is 30.3 Å². The van der Waals surface area contributed by atoms with Gasteiger partial charge in [0.2, 0.25) is 5.91 Å². The zero-order valence-corrected chi connectivity index (χ0v) is 17.4. The highest BCUT2D eigenvalue weighted by atomic mass is 19.3. The summed E-state index contributed by atoms with van der Waals surface area (Å²) >= 11 is 0. The van der Waals surface area contributed by atoms with E-state index in [9.17, 15) is 18.0 Å². The molecule has 4 bridgehead atoms. The van der Waals surface area contributed by atoms with E-state index in [1.807, 2.05) is 18.2 Å². The molecule has 164 valence electrons. The Kier molecular flexibility index (Phi) is 4.73. The SMILES string of the molecule is O=C(NC1CCNCC1(F)F)C12CC3C[C@@](CCF)(C1)C[C@](c1ccccc1)(C3)C2. The summed E-state index contributed by atoms with van der Waals surface area (Å²) in [6.45, 7) is -0.301. The van der Waals surface area contributed by atoms with Crippen molar-refractivity contribution in [1.29, 1.82) is 0 Å². The molecule has 6 heteroatoms. The number of hydrogen-bond donors (Lipinski definition) is 2. The normalized spacial score (nSPS) is 41.6. The van der Waals surface area contributed by atoms with Gasteiger partial charge >= 0.3 is 0 Å². The van der Waals surface area contributed by atoms with E-state index in [2.05, 4.69) is 22.8 Å². The second-order valence-electron chi connectivity index (χ2n) is 10.6. The number of rotatable bonds is 5. The van der Waals surface area contributed by atoms with Crippen molar-refractivity contribution in [3.8, 4) is 0 Å².